The highest BCUT2D eigenvalue weighted by molar-refractivity contribution is 8.01. The van der Waals surface area contributed by atoms with E-state index in [-0.39, 0.29) is 17.6 Å². The first kappa shape index (κ1) is 21.4. The number of hydrogen-bond acceptors (Lipinski definition) is 6. The van der Waals surface area contributed by atoms with Gasteiger partial charge in [0.05, 0.1) is 33.8 Å². The minimum atomic E-state index is -4.39. The zero-order chi connectivity index (χ0) is 21.0. The number of carbonyl (C=O) groups is 1. The lowest BCUT2D eigenvalue weighted by molar-refractivity contribution is -0.137. The van der Waals surface area contributed by atoms with E-state index in [9.17, 15) is 18.0 Å². The van der Waals surface area contributed by atoms with Gasteiger partial charge >= 0.3 is 6.18 Å². The predicted molar refractivity (Wildman–Crippen MR) is 106 cm³/mol. The molecule has 29 heavy (non-hydrogen) atoms. The summed E-state index contributed by atoms with van der Waals surface area (Å²) in [6, 6.07) is 4.53. The van der Waals surface area contributed by atoms with Gasteiger partial charge in [-0.3, -0.25) is 4.79 Å². The Kier molecular flexibility index (Phi) is 6.63. The molecular formula is C19H18F3N3O2S2. The second-order valence-electron chi connectivity index (χ2n) is 6.18. The van der Waals surface area contributed by atoms with E-state index in [0.29, 0.717) is 16.6 Å². The molecule has 0 fully saturated rings. The number of rotatable bonds is 7. The van der Waals surface area contributed by atoms with Gasteiger partial charge in [-0.15, -0.1) is 11.8 Å². The number of nitrogens with one attached hydrogen (secondary N) is 1. The first-order valence-corrected chi connectivity index (χ1v) is 10.5. The Labute approximate surface area is 173 Å². The van der Waals surface area contributed by atoms with E-state index in [2.05, 4.69) is 15.3 Å². The largest absolute Gasteiger partial charge is 0.445 e. The zero-order valence-corrected chi connectivity index (χ0v) is 17.2. The lowest BCUT2D eigenvalue weighted by Gasteiger charge is -2.07. The normalized spacial score (nSPS) is 12.7. The second-order valence-corrected chi connectivity index (χ2v) is 8.85. The smallest absolute Gasteiger partial charge is 0.416 e. The SMILES string of the molecule is CCc1cnc(C(C)Sc2cnc(NC(=O)Cc3ccc(C(F)(F)F)cc3)s2)o1. The van der Waals surface area contributed by atoms with E-state index in [1.54, 1.807) is 12.4 Å². The van der Waals surface area contributed by atoms with Gasteiger partial charge in [-0.2, -0.15) is 13.2 Å². The number of amides is 1. The van der Waals surface area contributed by atoms with Crippen LogP contribution >= 0.6 is 23.1 Å². The fourth-order valence-corrected chi connectivity index (χ4v) is 4.53. The number of carbonyl (C=O) groups excluding carboxylic acids is 1. The predicted octanol–water partition coefficient (Wildman–Crippen LogP) is 5.75. The number of alkyl halides is 3. The minimum absolute atomic E-state index is 0.00792. The molecule has 1 N–H and O–H groups in total. The van der Waals surface area contributed by atoms with Crippen molar-refractivity contribution in [2.45, 2.75) is 42.3 Å². The Bertz CT molecular complexity index is 968. The molecule has 0 aliphatic rings. The van der Waals surface area contributed by atoms with Crippen molar-refractivity contribution in [1.29, 1.82) is 0 Å². The van der Waals surface area contributed by atoms with Crippen LogP contribution in [0.2, 0.25) is 0 Å². The molecule has 2 heterocycles. The van der Waals surface area contributed by atoms with Crippen molar-refractivity contribution in [3.05, 3.63) is 59.4 Å². The third kappa shape index (κ3) is 5.83. The van der Waals surface area contributed by atoms with E-state index in [0.717, 1.165) is 28.5 Å². The van der Waals surface area contributed by atoms with Crippen molar-refractivity contribution in [3.8, 4) is 0 Å². The van der Waals surface area contributed by atoms with Gasteiger partial charge in [0, 0.05) is 6.42 Å². The molecule has 0 saturated heterocycles. The third-order valence-corrected chi connectivity index (χ3v) is 6.08. The molecule has 10 heteroatoms. The van der Waals surface area contributed by atoms with Crippen LogP contribution in [-0.4, -0.2) is 15.9 Å². The fourth-order valence-electron chi connectivity index (χ4n) is 2.43. The van der Waals surface area contributed by atoms with Crippen LogP contribution in [0.4, 0.5) is 18.3 Å². The average molecular weight is 442 g/mol. The highest BCUT2D eigenvalue weighted by Crippen LogP contribution is 2.38. The number of hydrogen-bond donors (Lipinski definition) is 1. The summed E-state index contributed by atoms with van der Waals surface area (Å²) in [6.45, 7) is 3.96. The Morgan fingerprint density at radius 2 is 1.97 bits per heavy atom. The summed E-state index contributed by atoms with van der Waals surface area (Å²) in [4.78, 5) is 20.6. The van der Waals surface area contributed by atoms with Crippen LogP contribution in [-0.2, 0) is 23.8 Å². The van der Waals surface area contributed by atoms with Gasteiger partial charge < -0.3 is 9.73 Å². The van der Waals surface area contributed by atoms with Crippen LogP contribution in [0, 0.1) is 0 Å². The summed E-state index contributed by atoms with van der Waals surface area (Å²) in [6.07, 6.45) is -0.280. The lowest BCUT2D eigenvalue weighted by Crippen LogP contribution is -2.14. The van der Waals surface area contributed by atoms with Crippen LogP contribution in [0.3, 0.4) is 0 Å². The molecule has 0 saturated carbocycles. The number of thiazole rings is 1. The quantitative estimate of drug-likeness (QED) is 0.473. The van der Waals surface area contributed by atoms with Crippen molar-refractivity contribution in [2.75, 3.05) is 5.32 Å². The number of thioether (sulfide) groups is 1. The molecule has 0 spiro atoms. The standard InChI is InChI=1S/C19H18F3N3O2S2/c1-3-14-9-23-17(27-14)11(2)28-16-10-24-18(29-16)25-15(26)8-12-4-6-13(7-5-12)19(20,21)22/h4-7,9-11H,3,8H2,1-2H3,(H,24,25,26). The van der Waals surface area contributed by atoms with E-state index < -0.39 is 11.7 Å². The van der Waals surface area contributed by atoms with E-state index in [1.165, 1.54) is 35.2 Å². The molecule has 1 amide bonds. The molecule has 0 bridgehead atoms. The van der Waals surface area contributed by atoms with Crippen LogP contribution in [0.5, 0.6) is 0 Å². The summed E-state index contributed by atoms with van der Waals surface area (Å²) in [5.74, 6) is 1.12. The Morgan fingerprint density at radius 3 is 2.59 bits per heavy atom. The summed E-state index contributed by atoms with van der Waals surface area (Å²) in [5.41, 5.74) is -0.250. The fraction of sp³-hybridized carbons (Fsp3) is 0.316. The van der Waals surface area contributed by atoms with Gasteiger partial charge in [-0.1, -0.05) is 30.4 Å². The molecule has 1 atom stereocenters. The van der Waals surface area contributed by atoms with Gasteiger partial charge in [0.2, 0.25) is 11.8 Å². The van der Waals surface area contributed by atoms with Crippen molar-refractivity contribution < 1.29 is 22.4 Å². The molecule has 0 aliphatic heterocycles. The lowest BCUT2D eigenvalue weighted by atomic mass is 10.1. The number of anilines is 1. The van der Waals surface area contributed by atoms with Gasteiger partial charge in [0.15, 0.2) is 5.13 Å². The summed E-state index contributed by atoms with van der Waals surface area (Å²) in [7, 11) is 0. The van der Waals surface area contributed by atoms with Crippen LogP contribution < -0.4 is 5.32 Å². The number of aromatic nitrogens is 2. The number of oxazole rings is 1. The summed E-state index contributed by atoms with van der Waals surface area (Å²) in [5, 5.41) is 3.10. The molecule has 3 rings (SSSR count). The third-order valence-electron chi connectivity index (χ3n) is 3.94. The highest BCUT2D eigenvalue weighted by Gasteiger charge is 2.30. The van der Waals surface area contributed by atoms with E-state index >= 15 is 0 Å². The van der Waals surface area contributed by atoms with E-state index in [1.807, 2.05) is 13.8 Å². The molecule has 5 nitrogen and oxygen atoms in total. The maximum Gasteiger partial charge on any atom is 0.416 e. The Hall–Kier alpha value is -2.33. The molecule has 2 aromatic heterocycles. The molecule has 3 aromatic rings. The maximum absolute atomic E-state index is 12.6. The summed E-state index contributed by atoms with van der Waals surface area (Å²) >= 11 is 2.83. The second kappa shape index (κ2) is 9.00. The van der Waals surface area contributed by atoms with Crippen molar-refractivity contribution in [2.24, 2.45) is 0 Å². The van der Waals surface area contributed by atoms with Crippen LogP contribution in [0.25, 0.3) is 0 Å². The number of aryl methyl sites for hydroxylation is 1. The van der Waals surface area contributed by atoms with Crippen molar-refractivity contribution >= 4 is 34.1 Å². The minimum Gasteiger partial charge on any atom is -0.445 e. The first-order valence-electron chi connectivity index (χ1n) is 8.77. The molecule has 154 valence electrons. The van der Waals surface area contributed by atoms with Gasteiger partial charge in [0.25, 0.3) is 0 Å². The topological polar surface area (TPSA) is 68.0 Å². The highest BCUT2D eigenvalue weighted by atomic mass is 32.2. The number of halogens is 3. The van der Waals surface area contributed by atoms with Crippen molar-refractivity contribution in [3.63, 3.8) is 0 Å². The number of benzene rings is 1. The Balaban J connectivity index is 1.54. The average Bonchev–Trinajstić information content (AvgIpc) is 3.30. The zero-order valence-electron chi connectivity index (χ0n) is 15.6. The number of nitrogens with zero attached hydrogens (tertiary/aromatic N) is 2. The summed E-state index contributed by atoms with van der Waals surface area (Å²) < 4.78 is 44.3. The van der Waals surface area contributed by atoms with Crippen LogP contribution in [0.1, 0.15) is 41.9 Å². The van der Waals surface area contributed by atoms with Gasteiger partial charge in [-0.25, -0.2) is 9.97 Å². The molecule has 0 aliphatic carbocycles. The monoisotopic (exact) mass is 441 g/mol. The molecule has 1 aromatic carbocycles. The molecule has 0 radical (unpaired) electrons. The molecular weight excluding hydrogens is 423 g/mol. The van der Waals surface area contributed by atoms with Crippen molar-refractivity contribution in [1.82, 2.24) is 9.97 Å². The Morgan fingerprint density at radius 1 is 1.24 bits per heavy atom. The van der Waals surface area contributed by atoms with Crippen LogP contribution in [0.15, 0.2) is 45.3 Å². The van der Waals surface area contributed by atoms with Gasteiger partial charge in [0.1, 0.15) is 5.76 Å². The first-order chi connectivity index (χ1) is 13.7. The maximum atomic E-state index is 12.6. The van der Waals surface area contributed by atoms with Gasteiger partial charge in [-0.05, 0) is 24.6 Å². The molecule has 1 unspecified atom stereocenters. The van der Waals surface area contributed by atoms with E-state index in [4.69, 9.17) is 4.42 Å².